The lowest BCUT2D eigenvalue weighted by molar-refractivity contribution is 0.0612. The zero-order valence-corrected chi connectivity index (χ0v) is 92.9. The summed E-state index contributed by atoms with van der Waals surface area (Å²) in [7, 11) is 6.00. The first-order valence-electron chi connectivity index (χ1n) is 48.4. The summed E-state index contributed by atoms with van der Waals surface area (Å²) in [4.78, 5) is 18.0. The Morgan fingerprint density at radius 3 is 1.04 bits per heavy atom. The van der Waals surface area contributed by atoms with Gasteiger partial charge >= 0.3 is 0 Å². The number of rotatable bonds is 27. The lowest BCUT2D eigenvalue weighted by atomic mass is 9.82. The quantitative estimate of drug-likeness (QED) is 0.0375. The average molecular weight is 1770 g/mol. The number of ether oxygens (including phenoxy) is 1. The van der Waals surface area contributed by atoms with E-state index in [9.17, 15) is 4.79 Å². The van der Waals surface area contributed by atoms with Crippen LogP contribution in [0.1, 0.15) is 444 Å². The van der Waals surface area contributed by atoms with E-state index < -0.39 is 12.2 Å². The SMILES string of the molecule is CC(C)(C)C.CC(C)(C)C(CO)CO.CC(C)(C)CC(O)CO.CC(C)(C)CCC(O)CO.CC(C)(C)CCCNC(=O)c1ccccc1.CC(C)(C)CCCO.CC(C)(C)CCO.CC(C)(C)Cc1cccnc1.CC(C)C(C)(C)C.CC(C)CCC(C)C.CC(C)CCC1CC1.CN(C)CCCC(C)(C)C.COCCC(C)(C)C.C[C@H](CO)C(C)(C)C. The van der Waals surface area contributed by atoms with Gasteiger partial charge in [0, 0.05) is 77.2 Å². The Morgan fingerprint density at radius 2 is 0.823 bits per heavy atom. The summed E-state index contributed by atoms with van der Waals surface area (Å²) in [5.74, 6) is 5.07. The molecule has 0 bridgehead atoms. The van der Waals surface area contributed by atoms with Gasteiger partial charge in [-0.1, -0.05) is 381 Å². The molecule has 10 N–H and O–H groups in total. The number of carbonyl (C=O) groups excluding carboxylic acids is 1. The van der Waals surface area contributed by atoms with Crippen LogP contribution in [0.2, 0.25) is 0 Å². The molecule has 1 aromatic heterocycles. The molecule has 752 valence electrons. The Bertz CT molecular complexity index is 2450. The number of methoxy groups -OCH3 is 1. The second kappa shape index (κ2) is 77.9. The van der Waals surface area contributed by atoms with Crippen LogP contribution in [-0.4, -0.2) is 161 Å². The zero-order chi connectivity index (χ0) is 101. The van der Waals surface area contributed by atoms with Crippen molar-refractivity contribution in [3.8, 4) is 0 Å². The lowest BCUT2D eigenvalue weighted by Gasteiger charge is -2.26. The number of benzene rings is 1. The Balaban J connectivity index is -0.000000124. The molecule has 1 aliphatic rings. The van der Waals surface area contributed by atoms with Gasteiger partial charge in [-0.2, -0.15) is 0 Å². The third-order valence-electron chi connectivity index (χ3n) is 19.2. The monoisotopic (exact) mass is 1770 g/mol. The number of hydrogen-bond acceptors (Lipinski definition) is 13. The summed E-state index contributed by atoms with van der Waals surface area (Å²) >= 11 is 0. The molecule has 2 aromatic rings. The van der Waals surface area contributed by atoms with Gasteiger partial charge in [0.15, 0.2) is 0 Å². The molecule has 2 unspecified atom stereocenters. The van der Waals surface area contributed by atoms with Crippen molar-refractivity contribution < 1.29 is 55.5 Å². The van der Waals surface area contributed by atoms with E-state index in [0.29, 0.717) is 81.9 Å². The van der Waals surface area contributed by atoms with Crippen LogP contribution in [-0.2, 0) is 11.2 Å². The molecule has 1 aliphatic carbocycles. The highest BCUT2D eigenvalue weighted by Crippen LogP contribution is 2.35. The normalized spacial score (nSPS) is 13.3. The Kier molecular flexibility index (Phi) is 90.8. The molecule has 124 heavy (non-hydrogen) atoms. The van der Waals surface area contributed by atoms with Gasteiger partial charge < -0.3 is 60.9 Å². The fraction of sp³-hybridized carbons (Fsp3) is 0.891. The average Bonchev–Trinajstić information content (AvgIpc) is 1.41. The molecular weight excluding hydrogens is 1540 g/mol. The van der Waals surface area contributed by atoms with Gasteiger partial charge in [0.2, 0.25) is 0 Å². The van der Waals surface area contributed by atoms with E-state index in [1.54, 1.807) is 7.11 Å². The summed E-state index contributed by atoms with van der Waals surface area (Å²) in [5, 5.41) is 80.7. The van der Waals surface area contributed by atoms with Crippen molar-refractivity contribution >= 4 is 5.91 Å². The predicted molar refractivity (Wildman–Crippen MR) is 552 cm³/mol. The zero-order valence-electron chi connectivity index (χ0n) is 92.9. The van der Waals surface area contributed by atoms with Crippen molar-refractivity contribution in [2.75, 3.05) is 87.1 Å². The smallest absolute Gasteiger partial charge is 0.251 e. The van der Waals surface area contributed by atoms with Gasteiger partial charge in [0.05, 0.1) is 25.4 Å². The number of aliphatic hydroxyl groups is 9. The molecule has 14 heteroatoms. The number of amides is 1. The van der Waals surface area contributed by atoms with Gasteiger partial charge in [-0.15, -0.1) is 0 Å². The van der Waals surface area contributed by atoms with E-state index in [2.05, 4.69) is 312 Å². The number of nitrogens with zero attached hydrogens (tertiary/aromatic N) is 2. The van der Waals surface area contributed by atoms with E-state index >= 15 is 0 Å². The van der Waals surface area contributed by atoms with Crippen LogP contribution in [0.5, 0.6) is 0 Å². The highest BCUT2D eigenvalue weighted by molar-refractivity contribution is 5.94. The van der Waals surface area contributed by atoms with Crippen molar-refractivity contribution in [3.63, 3.8) is 0 Å². The van der Waals surface area contributed by atoms with Crippen molar-refractivity contribution in [1.82, 2.24) is 15.2 Å². The highest BCUT2D eigenvalue weighted by Gasteiger charge is 2.24. The molecule has 1 saturated carbocycles. The molecular formula is C110H231N3O11. The molecule has 1 aromatic carbocycles. The van der Waals surface area contributed by atoms with Gasteiger partial charge in [-0.3, -0.25) is 9.78 Å². The molecule has 1 heterocycles. The molecule has 3 rings (SSSR count). The number of pyridine rings is 1. The molecule has 0 saturated heterocycles. The number of nitrogens with one attached hydrogen (secondary N) is 1. The highest BCUT2D eigenvalue weighted by atomic mass is 16.5. The second-order valence-electron chi connectivity index (χ2n) is 51.3. The van der Waals surface area contributed by atoms with Crippen LogP contribution >= 0.6 is 0 Å². The van der Waals surface area contributed by atoms with Crippen molar-refractivity contribution in [2.45, 2.75) is 446 Å². The van der Waals surface area contributed by atoms with Crippen LogP contribution in [0.15, 0.2) is 54.9 Å². The van der Waals surface area contributed by atoms with Crippen LogP contribution in [0, 0.1) is 106 Å². The Morgan fingerprint density at radius 1 is 0.435 bits per heavy atom. The summed E-state index contributed by atoms with van der Waals surface area (Å²) in [6, 6.07) is 13.4. The summed E-state index contributed by atoms with van der Waals surface area (Å²) < 4.78 is 4.92. The van der Waals surface area contributed by atoms with E-state index in [-0.39, 0.29) is 59.9 Å². The van der Waals surface area contributed by atoms with Gasteiger partial charge in [0.1, 0.15) is 0 Å². The second-order valence-corrected chi connectivity index (χ2v) is 51.3. The minimum Gasteiger partial charge on any atom is -0.396 e. The first-order valence-corrected chi connectivity index (χ1v) is 48.4. The molecule has 0 aliphatic heterocycles. The minimum absolute atomic E-state index is 0.0116. The van der Waals surface area contributed by atoms with E-state index in [1.807, 2.05) is 90.3 Å². The van der Waals surface area contributed by atoms with Crippen LogP contribution in [0.3, 0.4) is 0 Å². The molecule has 1 fully saturated rings. The maximum Gasteiger partial charge on any atom is 0.251 e. The van der Waals surface area contributed by atoms with Crippen molar-refractivity contribution in [1.29, 1.82) is 0 Å². The molecule has 0 spiro atoms. The maximum atomic E-state index is 11.7. The molecule has 14 nitrogen and oxygen atoms in total. The third-order valence-corrected chi connectivity index (χ3v) is 19.2. The largest absolute Gasteiger partial charge is 0.396 e. The van der Waals surface area contributed by atoms with Crippen LogP contribution in [0.4, 0.5) is 0 Å². The number of carbonyl (C=O) groups is 1. The standard InChI is InChI=1S/C14H21NO.C10H15N.C9H21N.C8H18O2.C8H16.C8H18.2C7H16O2.3C7H16O.C7H16.C6H14O.C5H12/c1-14(2,3)10-7-11-15-13(16)12-8-5-4-6-9-12;1-10(2,3)7-9-5-4-6-11-8-9;1-9(2,3)7-6-8-10(4)5;1-8(2,3)5-4-7(10)6-9;1-7(2)3-4-8-5-6-8;1-7(2)5-6-8(3)4;1-7(2,3)6(4-8)5-9;1-7(2,3)4-6(9)5-8;1-7(2,3)5-6-8-4;1-6(5-8)7(2,3)4;1-7(2,3)5-4-6-8;1-6(2)7(3,4)5;1-6(2,3)4-5-7;1-5(2,3)4/h4-6,8-9H,7,10-11H2,1-3H3,(H,15,16);4-6,8H,7H2,1-3H3;6-8H2,1-5H3;7,9-10H,4-6H2,1-3H3;7-8H,3-6H2,1-2H3;7-8H,5-6H2,1-4H3;2*6,8-9H,4-5H2,1-3H3;5-6H2,1-4H3;6,8H,5H2,1-4H3;8H,4-6H2,1-3H3;6H,1-5H3;7H,4-5H2,1-3H3;1-4H3/t;;;;;;;;;6-;;;;/m.........1..../s1. The van der Waals surface area contributed by atoms with E-state index in [0.717, 1.165) is 99.7 Å². The van der Waals surface area contributed by atoms with Gasteiger partial charge in [-0.05, 0) is 222 Å². The van der Waals surface area contributed by atoms with E-state index in [4.69, 9.17) is 50.7 Å². The molecule has 0 radical (unpaired) electrons. The fourth-order valence-corrected chi connectivity index (χ4v) is 8.89. The minimum atomic E-state index is -0.551. The topological polar surface area (TPSA) is 237 Å². The number of aromatic nitrogens is 1. The van der Waals surface area contributed by atoms with Gasteiger partial charge in [0.25, 0.3) is 5.91 Å². The number of aliphatic hydroxyl groups excluding tert-OH is 9. The predicted octanol–water partition coefficient (Wildman–Crippen LogP) is 28.5. The molecule has 1 amide bonds. The first-order chi connectivity index (χ1) is 55.4. The summed E-state index contributed by atoms with van der Waals surface area (Å²) in [6.45, 7) is 104. The summed E-state index contributed by atoms with van der Waals surface area (Å²) in [6.07, 6.45) is 23.7. The lowest BCUT2D eigenvalue weighted by Crippen LogP contribution is -2.26. The van der Waals surface area contributed by atoms with Crippen LogP contribution < -0.4 is 5.32 Å². The Hall–Kier alpha value is -2.60. The van der Waals surface area contributed by atoms with Crippen molar-refractivity contribution in [2.24, 2.45) is 106 Å². The number of hydrogen-bond donors (Lipinski definition) is 10. The van der Waals surface area contributed by atoms with E-state index in [1.165, 1.54) is 63.5 Å². The third kappa shape index (κ3) is 157. The van der Waals surface area contributed by atoms with Crippen molar-refractivity contribution in [3.05, 3.63) is 66.0 Å². The first kappa shape index (κ1) is 144. The maximum absolute atomic E-state index is 11.7. The van der Waals surface area contributed by atoms with Gasteiger partial charge in [-0.25, -0.2) is 0 Å². The molecule has 3 atom stereocenters. The summed E-state index contributed by atoms with van der Waals surface area (Å²) in [5.41, 5.74) is 6.04. The fourth-order valence-electron chi connectivity index (χ4n) is 8.89. The Labute approximate surface area is 778 Å². The van der Waals surface area contributed by atoms with Crippen LogP contribution in [0.25, 0.3) is 0 Å².